The second kappa shape index (κ2) is 7.83. The number of morpholine rings is 1. The molecule has 4 rings (SSSR count). The van der Waals surface area contributed by atoms with Crippen LogP contribution >= 0.6 is 0 Å². The molecule has 2 fully saturated rings. The summed E-state index contributed by atoms with van der Waals surface area (Å²) in [5, 5.41) is 11.9. The highest BCUT2D eigenvalue weighted by molar-refractivity contribution is 5.95. The minimum Gasteiger partial charge on any atom is -0.378 e. The van der Waals surface area contributed by atoms with E-state index in [-0.39, 0.29) is 5.91 Å². The normalized spacial score (nSPS) is 18.1. The zero-order valence-corrected chi connectivity index (χ0v) is 14.9. The Bertz CT molecular complexity index is 751. The van der Waals surface area contributed by atoms with Crippen molar-refractivity contribution in [2.24, 2.45) is 0 Å². The van der Waals surface area contributed by atoms with Crippen LogP contribution in [0.5, 0.6) is 0 Å². The van der Waals surface area contributed by atoms with Gasteiger partial charge in [-0.1, -0.05) is 25.0 Å². The molecule has 1 amide bonds. The van der Waals surface area contributed by atoms with Gasteiger partial charge in [0.1, 0.15) is 0 Å². The Hall–Kier alpha value is -2.47. The summed E-state index contributed by atoms with van der Waals surface area (Å²) in [6, 6.07) is 11.9. The fraction of sp³-hybridized carbons (Fsp3) is 0.450. The van der Waals surface area contributed by atoms with E-state index in [1.165, 1.54) is 12.8 Å². The van der Waals surface area contributed by atoms with Gasteiger partial charge in [0.15, 0.2) is 5.82 Å². The predicted octanol–water partition coefficient (Wildman–Crippen LogP) is 2.65. The average molecular weight is 352 g/mol. The number of nitrogens with one attached hydrogen (secondary N) is 1. The quantitative estimate of drug-likeness (QED) is 0.916. The van der Waals surface area contributed by atoms with Crippen molar-refractivity contribution in [3.05, 3.63) is 42.0 Å². The van der Waals surface area contributed by atoms with Crippen molar-refractivity contribution >= 4 is 11.7 Å². The first kappa shape index (κ1) is 17.0. The van der Waals surface area contributed by atoms with Gasteiger partial charge in [-0.25, -0.2) is 0 Å². The highest BCUT2D eigenvalue weighted by atomic mass is 16.5. The van der Waals surface area contributed by atoms with Gasteiger partial charge in [-0.3, -0.25) is 4.79 Å². The smallest absolute Gasteiger partial charge is 0.251 e. The molecule has 6 heteroatoms. The van der Waals surface area contributed by atoms with Crippen LogP contribution in [0.4, 0.5) is 5.82 Å². The molecule has 0 spiro atoms. The maximum atomic E-state index is 12.5. The first-order valence-electron chi connectivity index (χ1n) is 9.37. The monoisotopic (exact) mass is 352 g/mol. The molecule has 1 aromatic heterocycles. The Balaban J connectivity index is 1.47. The Morgan fingerprint density at radius 3 is 2.62 bits per heavy atom. The van der Waals surface area contributed by atoms with Crippen molar-refractivity contribution in [1.29, 1.82) is 0 Å². The lowest BCUT2D eigenvalue weighted by atomic mass is 10.1. The Morgan fingerprint density at radius 1 is 1.08 bits per heavy atom. The van der Waals surface area contributed by atoms with Gasteiger partial charge in [-0.2, -0.15) is 0 Å². The number of aromatic nitrogens is 2. The molecule has 26 heavy (non-hydrogen) atoms. The summed E-state index contributed by atoms with van der Waals surface area (Å²) < 4.78 is 5.37. The minimum atomic E-state index is -0.00311. The number of ether oxygens (including phenoxy) is 1. The van der Waals surface area contributed by atoms with Crippen LogP contribution in [0.25, 0.3) is 11.3 Å². The largest absolute Gasteiger partial charge is 0.378 e. The van der Waals surface area contributed by atoms with Crippen LogP contribution in [0.2, 0.25) is 0 Å². The zero-order chi connectivity index (χ0) is 17.8. The van der Waals surface area contributed by atoms with Crippen molar-refractivity contribution in [2.75, 3.05) is 31.2 Å². The molecule has 1 aliphatic carbocycles. The van der Waals surface area contributed by atoms with Crippen LogP contribution in [0, 0.1) is 0 Å². The van der Waals surface area contributed by atoms with Crippen molar-refractivity contribution in [3.8, 4) is 11.3 Å². The third-order valence-electron chi connectivity index (χ3n) is 5.10. The first-order chi connectivity index (χ1) is 12.8. The number of anilines is 1. The summed E-state index contributed by atoms with van der Waals surface area (Å²) in [6.07, 6.45) is 4.58. The van der Waals surface area contributed by atoms with Crippen LogP contribution in [-0.2, 0) is 4.74 Å². The lowest BCUT2D eigenvalue weighted by molar-refractivity contribution is 0.0938. The summed E-state index contributed by atoms with van der Waals surface area (Å²) in [4.78, 5) is 14.7. The number of nitrogens with zero attached hydrogens (tertiary/aromatic N) is 3. The van der Waals surface area contributed by atoms with Crippen molar-refractivity contribution in [2.45, 2.75) is 31.7 Å². The maximum absolute atomic E-state index is 12.5. The molecular weight excluding hydrogens is 328 g/mol. The molecule has 0 radical (unpaired) electrons. The Kier molecular flexibility index (Phi) is 5.11. The predicted molar refractivity (Wildman–Crippen MR) is 100 cm³/mol. The first-order valence-corrected chi connectivity index (χ1v) is 9.37. The number of benzene rings is 1. The summed E-state index contributed by atoms with van der Waals surface area (Å²) in [5.74, 6) is 0.865. The molecule has 0 unspecified atom stereocenters. The molecule has 136 valence electrons. The number of hydrogen-bond acceptors (Lipinski definition) is 5. The maximum Gasteiger partial charge on any atom is 0.251 e. The van der Waals surface area contributed by atoms with E-state index in [1.54, 1.807) is 0 Å². The fourth-order valence-electron chi connectivity index (χ4n) is 3.60. The van der Waals surface area contributed by atoms with Crippen LogP contribution in [-0.4, -0.2) is 48.4 Å². The van der Waals surface area contributed by atoms with Gasteiger partial charge in [-0.15, -0.1) is 10.2 Å². The van der Waals surface area contributed by atoms with E-state index in [0.29, 0.717) is 11.6 Å². The fourth-order valence-corrected chi connectivity index (χ4v) is 3.60. The van der Waals surface area contributed by atoms with Crippen LogP contribution in [0.3, 0.4) is 0 Å². The molecule has 0 atom stereocenters. The standard InChI is InChI=1S/C20H24N4O2/c25-20(21-17-6-1-2-7-17)16-5-3-4-15(14-16)18-8-9-19(23-22-18)24-10-12-26-13-11-24/h3-5,8-9,14,17H,1-2,6-7,10-13H2,(H,21,25). The van der Waals surface area contributed by atoms with E-state index in [9.17, 15) is 4.79 Å². The van der Waals surface area contributed by atoms with Gasteiger partial charge in [0, 0.05) is 30.3 Å². The highest BCUT2D eigenvalue weighted by Gasteiger charge is 2.18. The van der Waals surface area contributed by atoms with Gasteiger partial charge in [0.25, 0.3) is 5.91 Å². The number of carbonyl (C=O) groups excluding carboxylic acids is 1. The van der Waals surface area contributed by atoms with Crippen LogP contribution in [0.1, 0.15) is 36.0 Å². The number of hydrogen-bond donors (Lipinski definition) is 1. The Labute approximate surface area is 153 Å². The second-order valence-corrected chi connectivity index (χ2v) is 6.91. The zero-order valence-electron chi connectivity index (χ0n) is 14.9. The summed E-state index contributed by atoms with van der Waals surface area (Å²) in [5.41, 5.74) is 2.36. The molecule has 1 saturated heterocycles. The molecule has 1 aliphatic heterocycles. The third-order valence-corrected chi connectivity index (χ3v) is 5.10. The van der Waals surface area contributed by atoms with E-state index in [0.717, 1.165) is 56.2 Å². The van der Waals surface area contributed by atoms with E-state index in [2.05, 4.69) is 20.4 Å². The van der Waals surface area contributed by atoms with Gasteiger partial charge in [0.2, 0.25) is 0 Å². The SMILES string of the molecule is O=C(NC1CCCC1)c1cccc(-c2ccc(N3CCOCC3)nn2)c1. The molecule has 2 heterocycles. The third kappa shape index (κ3) is 3.85. The molecule has 0 bridgehead atoms. The number of amides is 1. The Morgan fingerprint density at radius 2 is 1.88 bits per heavy atom. The van der Waals surface area contributed by atoms with Gasteiger partial charge in [0.05, 0.1) is 18.9 Å². The van der Waals surface area contributed by atoms with E-state index >= 15 is 0 Å². The van der Waals surface area contributed by atoms with Gasteiger partial charge < -0.3 is 15.0 Å². The number of carbonyl (C=O) groups is 1. The number of rotatable bonds is 4. The van der Waals surface area contributed by atoms with Crippen molar-refractivity contribution < 1.29 is 9.53 Å². The molecule has 1 saturated carbocycles. The summed E-state index contributed by atoms with van der Waals surface area (Å²) >= 11 is 0. The molecule has 6 nitrogen and oxygen atoms in total. The van der Waals surface area contributed by atoms with Crippen LogP contribution < -0.4 is 10.2 Å². The van der Waals surface area contributed by atoms with Crippen molar-refractivity contribution in [3.63, 3.8) is 0 Å². The molecular formula is C20H24N4O2. The summed E-state index contributed by atoms with van der Waals surface area (Å²) in [7, 11) is 0. The second-order valence-electron chi connectivity index (χ2n) is 6.91. The van der Waals surface area contributed by atoms with E-state index < -0.39 is 0 Å². The average Bonchev–Trinajstić information content (AvgIpc) is 3.22. The molecule has 2 aliphatic rings. The van der Waals surface area contributed by atoms with E-state index in [4.69, 9.17) is 4.74 Å². The topological polar surface area (TPSA) is 67.4 Å². The lowest BCUT2D eigenvalue weighted by Crippen LogP contribution is -2.36. The van der Waals surface area contributed by atoms with Gasteiger partial charge in [-0.05, 0) is 37.1 Å². The molecule has 1 N–H and O–H groups in total. The summed E-state index contributed by atoms with van der Waals surface area (Å²) in [6.45, 7) is 3.12. The van der Waals surface area contributed by atoms with Gasteiger partial charge >= 0.3 is 0 Å². The molecule has 2 aromatic rings. The molecule has 1 aromatic carbocycles. The lowest BCUT2D eigenvalue weighted by Gasteiger charge is -2.27. The van der Waals surface area contributed by atoms with Crippen molar-refractivity contribution in [1.82, 2.24) is 15.5 Å². The van der Waals surface area contributed by atoms with Crippen LogP contribution in [0.15, 0.2) is 36.4 Å². The minimum absolute atomic E-state index is 0.00311. The highest BCUT2D eigenvalue weighted by Crippen LogP contribution is 2.22. The van der Waals surface area contributed by atoms with E-state index in [1.807, 2.05) is 36.4 Å².